The number of carbonyl (C=O) groups is 2. The van der Waals surface area contributed by atoms with E-state index in [9.17, 15) is 9.59 Å². The summed E-state index contributed by atoms with van der Waals surface area (Å²) in [5.41, 5.74) is 0. The third-order valence-corrected chi connectivity index (χ3v) is 5.22. The summed E-state index contributed by atoms with van der Waals surface area (Å²) in [5, 5.41) is 3.23. The SMILES string of the molecule is C=CCN1C(SCCCCCCC)=NC2C1C(=O)NC(=O)N2C. The first kappa shape index (κ1) is 17.8. The van der Waals surface area contributed by atoms with Gasteiger partial charge < -0.3 is 9.80 Å². The Kier molecular flexibility index (Phi) is 6.50. The molecule has 0 spiro atoms. The highest BCUT2D eigenvalue weighted by molar-refractivity contribution is 8.13. The van der Waals surface area contributed by atoms with Crippen LogP contribution in [-0.4, -0.2) is 58.5 Å². The number of likely N-dealkylation sites (N-methyl/N-ethyl adjacent to an activating group) is 1. The van der Waals surface area contributed by atoms with E-state index in [1.54, 1.807) is 24.9 Å². The van der Waals surface area contributed by atoms with Gasteiger partial charge in [0.05, 0.1) is 0 Å². The van der Waals surface area contributed by atoms with E-state index >= 15 is 0 Å². The van der Waals surface area contributed by atoms with Crippen molar-refractivity contribution < 1.29 is 9.59 Å². The van der Waals surface area contributed by atoms with E-state index in [1.165, 1.54) is 30.6 Å². The van der Waals surface area contributed by atoms with Gasteiger partial charge in [0.1, 0.15) is 0 Å². The lowest BCUT2D eigenvalue weighted by molar-refractivity contribution is -0.126. The molecule has 0 radical (unpaired) electrons. The number of amides is 3. The summed E-state index contributed by atoms with van der Waals surface area (Å²) in [6.45, 7) is 6.53. The van der Waals surface area contributed by atoms with Gasteiger partial charge in [-0.2, -0.15) is 0 Å². The Morgan fingerprint density at radius 1 is 1.30 bits per heavy atom. The molecule has 2 unspecified atom stereocenters. The molecule has 2 rings (SSSR count). The molecule has 1 saturated heterocycles. The second kappa shape index (κ2) is 8.38. The first-order valence-electron chi connectivity index (χ1n) is 8.26. The zero-order valence-electron chi connectivity index (χ0n) is 14.0. The Morgan fingerprint density at radius 2 is 2.04 bits per heavy atom. The van der Waals surface area contributed by atoms with Gasteiger partial charge in [0, 0.05) is 19.3 Å². The minimum atomic E-state index is -0.446. The fourth-order valence-electron chi connectivity index (χ4n) is 2.82. The molecule has 2 heterocycles. The number of unbranched alkanes of at least 4 members (excludes halogenated alkanes) is 4. The molecule has 128 valence electrons. The molecular weight excluding hydrogens is 312 g/mol. The molecule has 2 aliphatic heterocycles. The Bertz CT molecular complexity index is 494. The van der Waals surface area contributed by atoms with Crippen LogP contribution in [0.15, 0.2) is 17.6 Å². The monoisotopic (exact) mass is 338 g/mol. The Hall–Kier alpha value is -1.50. The van der Waals surface area contributed by atoms with Crippen LogP contribution in [0.3, 0.4) is 0 Å². The molecule has 0 saturated carbocycles. The molecule has 2 atom stereocenters. The van der Waals surface area contributed by atoms with Gasteiger partial charge in [0.15, 0.2) is 17.4 Å². The van der Waals surface area contributed by atoms with E-state index in [0.29, 0.717) is 6.54 Å². The highest BCUT2D eigenvalue weighted by Crippen LogP contribution is 2.28. The van der Waals surface area contributed by atoms with Crippen LogP contribution in [0.25, 0.3) is 0 Å². The van der Waals surface area contributed by atoms with Crippen LogP contribution in [-0.2, 0) is 4.79 Å². The smallest absolute Gasteiger partial charge is 0.325 e. The second-order valence-corrected chi connectivity index (χ2v) is 6.94. The molecule has 2 aliphatic rings. The van der Waals surface area contributed by atoms with Crippen LogP contribution in [0.5, 0.6) is 0 Å². The number of rotatable bonds is 8. The van der Waals surface area contributed by atoms with Crippen molar-refractivity contribution >= 4 is 28.9 Å². The van der Waals surface area contributed by atoms with Crippen LogP contribution >= 0.6 is 11.8 Å². The lowest BCUT2D eigenvalue weighted by Gasteiger charge is -2.35. The van der Waals surface area contributed by atoms with E-state index in [1.807, 2.05) is 4.90 Å². The fourth-order valence-corrected chi connectivity index (χ4v) is 3.89. The number of hydrogen-bond acceptors (Lipinski definition) is 5. The first-order valence-corrected chi connectivity index (χ1v) is 9.24. The molecule has 0 aromatic carbocycles. The van der Waals surface area contributed by atoms with E-state index in [0.717, 1.165) is 17.3 Å². The maximum absolute atomic E-state index is 12.2. The fraction of sp³-hybridized carbons (Fsp3) is 0.688. The van der Waals surface area contributed by atoms with E-state index in [4.69, 9.17) is 0 Å². The molecule has 1 fully saturated rings. The lowest BCUT2D eigenvalue weighted by Crippen LogP contribution is -2.63. The summed E-state index contributed by atoms with van der Waals surface area (Å²) in [4.78, 5) is 32.0. The average molecular weight is 338 g/mol. The quantitative estimate of drug-likeness (QED) is 0.545. The third kappa shape index (κ3) is 4.07. The van der Waals surface area contributed by atoms with Crippen molar-refractivity contribution in [2.75, 3.05) is 19.3 Å². The van der Waals surface area contributed by atoms with E-state index < -0.39 is 12.2 Å². The summed E-state index contributed by atoms with van der Waals surface area (Å²) in [5.74, 6) is 0.705. The van der Waals surface area contributed by atoms with Gasteiger partial charge in [0.2, 0.25) is 0 Å². The minimum Gasteiger partial charge on any atom is -0.332 e. The topological polar surface area (TPSA) is 65.0 Å². The van der Waals surface area contributed by atoms with E-state index in [-0.39, 0.29) is 11.9 Å². The number of hydrogen-bond donors (Lipinski definition) is 1. The van der Waals surface area contributed by atoms with Gasteiger partial charge >= 0.3 is 6.03 Å². The summed E-state index contributed by atoms with van der Waals surface area (Å²) in [6, 6.07) is -0.831. The largest absolute Gasteiger partial charge is 0.332 e. The summed E-state index contributed by atoms with van der Waals surface area (Å²) >= 11 is 1.67. The number of fused-ring (bicyclic) bond motifs is 1. The zero-order chi connectivity index (χ0) is 16.8. The van der Waals surface area contributed by atoms with Crippen LogP contribution in [0.4, 0.5) is 4.79 Å². The van der Waals surface area contributed by atoms with Gasteiger partial charge in [-0.3, -0.25) is 10.1 Å². The minimum absolute atomic E-state index is 0.276. The number of aliphatic imine (C=N–C) groups is 1. The zero-order valence-corrected chi connectivity index (χ0v) is 14.8. The first-order chi connectivity index (χ1) is 11.1. The van der Waals surface area contributed by atoms with Crippen molar-refractivity contribution in [2.24, 2.45) is 4.99 Å². The molecule has 0 aromatic rings. The molecule has 6 nitrogen and oxygen atoms in total. The number of nitrogens with one attached hydrogen (secondary N) is 1. The number of imide groups is 1. The van der Waals surface area contributed by atoms with Crippen molar-refractivity contribution in [2.45, 2.75) is 51.2 Å². The lowest BCUT2D eigenvalue weighted by atomic mass is 10.1. The normalized spacial score (nSPS) is 23.7. The summed E-state index contributed by atoms with van der Waals surface area (Å²) in [7, 11) is 1.67. The molecule has 23 heavy (non-hydrogen) atoms. The molecule has 1 N–H and O–H groups in total. The maximum atomic E-state index is 12.2. The predicted octanol–water partition coefficient (Wildman–Crippen LogP) is 2.42. The average Bonchev–Trinajstić information content (AvgIpc) is 2.88. The number of thioether (sulfide) groups is 1. The van der Waals surface area contributed by atoms with Crippen LogP contribution in [0.2, 0.25) is 0 Å². The number of carbonyl (C=O) groups excluding carboxylic acids is 2. The molecule has 0 bridgehead atoms. The summed E-state index contributed by atoms with van der Waals surface area (Å²) < 4.78 is 0. The van der Waals surface area contributed by atoms with Crippen LogP contribution in [0, 0.1) is 0 Å². The Morgan fingerprint density at radius 3 is 2.74 bits per heavy atom. The van der Waals surface area contributed by atoms with Gasteiger partial charge in [-0.25, -0.2) is 9.79 Å². The van der Waals surface area contributed by atoms with Gasteiger partial charge in [-0.05, 0) is 6.42 Å². The molecule has 7 heteroatoms. The molecular formula is C16H26N4O2S. The van der Waals surface area contributed by atoms with Crippen molar-refractivity contribution in [3.05, 3.63) is 12.7 Å². The van der Waals surface area contributed by atoms with Crippen LogP contribution in [0.1, 0.15) is 39.0 Å². The van der Waals surface area contributed by atoms with Gasteiger partial charge in [0.25, 0.3) is 5.91 Å². The molecule has 0 aromatic heterocycles. The van der Waals surface area contributed by atoms with E-state index in [2.05, 4.69) is 23.8 Å². The summed E-state index contributed by atoms with van der Waals surface area (Å²) in [6.07, 6.45) is 7.49. The van der Waals surface area contributed by atoms with Gasteiger partial charge in [-0.1, -0.05) is 50.4 Å². The third-order valence-electron chi connectivity index (χ3n) is 4.13. The predicted molar refractivity (Wildman–Crippen MR) is 94.4 cm³/mol. The number of urea groups is 1. The maximum Gasteiger partial charge on any atom is 0.325 e. The van der Waals surface area contributed by atoms with Crippen molar-refractivity contribution in [1.29, 1.82) is 0 Å². The Labute approximate surface area is 142 Å². The highest BCUT2D eigenvalue weighted by Gasteiger charge is 2.48. The van der Waals surface area contributed by atoms with Crippen molar-refractivity contribution in [3.63, 3.8) is 0 Å². The van der Waals surface area contributed by atoms with Crippen molar-refractivity contribution in [1.82, 2.24) is 15.1 Å². The highest BCUT2D eigenvalue weighted by atomic mass is 32.2. The van der Waals surface area contributed by atoms with Crippen molar-refractivity contribution in [3.8, 4) is 0 Å². The number of nitrogens with zero attached hydrogens (tertiary/aromatic N) is 3. The van der Waals surface area contributed by atoms with Crippen LogP contribution < -0.4 is 5.32 Å². The Balaban J connectivity index is 1.97. The second-order valence-electron chi connectivity index (χ2n) is 5.88. The standard InChI is InChI=1S/C16H26N4O2S/c1-4-6-7-8-9-11-23-16-17-13-12(20(16)10-5-2)14(21)18-15(22)19(13)3/h5,12-13H,2,4,6-11H2,1,3H3,(H,18,21,22). The molecule has 3 amide bonds. The number of amidine groups is 1. The van der Waals surface area contributed by atoms with Gasteiger partial charge in [-0.15, -0.1) is 6.58 Å². The molecule has 0 aliphatic carbocycles.